The summed E-state index contributed by atoms with van der Waals surface area (Å²) in [5.74, 6) is 0. The van der Waals surface area contributed by atoms with Gasteiger partial charge in [0.05, 0.1) is 0 Å². The Balaban J connectivity index is 1.57. The Bertz CT molecular complexity index is 762. The summed E-state index contributed by atoms with van der Waals surface area (Å²) in [4.78, 5) is 18.9. The molecule has 2 aromatic carbocycles. The van der Waals surface area contributed by atoms with Gasteiger partial charge in [-0.3, -0.25) is 0 Å². The van der Waals surface area contributed by atoms with Crippen LogP contribution in [-0.4, -0.2) is 51.2 Å². The molecule has 1 heterocycles. The van der Waals surface area contributed by atoms with Gasteiger partial charge in [-0.15, -0.1) is 0 Å². The molecule has 0 aliphatic carbocycles. The lowest BCUT2D eigenvalue weighted by Gasteiger charge is -2.36. The number of urea groups is 1. The van der Waals surface area contributed by atoms with Crippen LogP contribution in [0.5, 0.6) is 0 Å². The van der Waals surface area contributed by atoms with Crippen molar-refractivity contribution in [1.29, 1.82) is 0 Å². The summed E-state index contributed by atoms with van der Waals surface area (Å²) in [6, 6.07) is 14.7. The van der Waals surface area contributed by atoms with Crippen molar-refractivity contribution in [2.45, 2.75) is 13.8 Å². The lowest BCUT2D eigenvalue weighted by molar-refractivity contribution is 0.208. The molecule has 0 bridgehead atoms. The van der Waals surface area contributed by atoms with Gasteiger partial charge in [0, 0.05) is 57.3 Å². The predicted octanol–water partition coefficient (Wildman–Crippen LogP) is 3.72. The Morgan fingerprint density at radius 3 is 2.23 bits per heavy atom. The number of amides is 2. The minimum Gasteiger partial charge on any atom is -0.378 e. The number of nitrogens with zero attached hydrogens (tertiary/aromatic N) is 3. The van der Waals surface area contributed by atoms with E-state index in [0.29, 0.717) is 0 Å². The number of benzene rings is 2. The van der Waals surface area contributed by atoms with Crippen molar-refractivity contribution in [3.05, 3.63) is 53.6 Å². The van der Waals surface area contributed by atoms with E-state index >= 15 is 0 Å². The molecule has 0 spiro atoms. The van der Waals surface area contributed by atoms with Crippen LogP contribution >= 0.6 is 0 Å². The smallest absolute Gasteiger partial charge is 0.321 e. The van der Waals surface area contributed by atoms with Crippen molar-refractivity contribution in [3.8, 4) is 0 Å². The summed E-state index contributed by atoms with van der Waals surface area (Å²) in [5, 5.41) is 3.06. The number of carbonyl (C=O) groups is 1. The highest BCUT2D eigenvalue weighted by Gasteiger charge is 2.21. The van der Waals surface area contributed by atoms with E-state index in [4.69, 9.17) is 0 Å². The second kappa shape index (κ2) is 7.68. The summed E-state index contributed by atoms with van der Waals surface area (Å²) in [6.07, 6.45) is 0. The summed E-state index contributed by atoms with van der Waals surface area (Å²) in [6.45, 7) is 7.21. The molecule has 1 saturated heterocycles. The first kappa shape index (κ1) is 18.1. The topological polar surface area (TPSA) is 38.8 Å². The van der Waals surface area contributed by atoms with Crippen molar-refractivity contribution >= 4 is 23.1 Å². The maximum absolute atomic E-state index is 12.6. The van der Waals surface area contributed by atoms with Crippen molar-refractivity contribution in [2.75, 3.05) is 55.4 Å². The van der Waals surface area contributed by atoms with E-state index in [-0.39, 0.29) is 6.03 Å². The number of hydrogen-bond donors (Lipinski definition) is 1. The average molecular weight is 352 g/mol. The van der Waals surface area contributed by atoms with Gasteiger partial charge in [-0.25, -0.2) is 4.79 Å². The molecular weight excluding hydrogens is 324 g/mol. The van der Waals surface area contributed by atoms with Crippen molar-refractivity contribution < 1.29 is 4.79 Å². The van der Waals surface area contributed by atoms with Gasteiger partial charge in [-0.2, -0.15) is 0 Å². The number of anilines is 3. The first-order valence-electron chi connectivity index (χ1n) is 9.09. The van der Waals surface area contributed by atoms with Crippen LogP contribution in [0.15, 0.2) is 42.5 Å². The molecule has 1 aliphatic rings. The number of nitrogens with one attached hydrogen (secondary N) is 1. The molecule has 26 heavy (non-hydrogen) atoms. The fourth-order valence-electron chi connectivity index (χ4n) is 3.19. The van der Waals surface area contributed by atoms with E-state index in [0.717, 1.165) is 43.0 Å². The number of piperazine rings is 1. The number of carbonyl (C=O) groups excluding carboxylic acids is 1. The monoisotopic (exact) mass is 352 g/mol. The SMILES string of the molecule is Cc1ccc(C)c(NC(=O)N2CCN(c3ccc(N(C)C)cc3)CC2)c1. The van der Waals surface area contributed by atoms with Gasteiger partial charge >= 0.3 is 6.03 Å². The fourth-order valence-corrected chi connectivity index (χ4v) is 3.19. The third kappa shape index (κ3) is 4.10. The van der Waals surface area contributed by atoms with E-state index in [1.165, 1.54) is 11.4 Å². The second-order valence-electron chi connectivity index (χ2n) is 7.13. The lowest BCUT2D eigenvalue weighted by atomic mass is 10.1. The van der Waals surface area contributed by atoms with E-state index in [9.17, 15) is 4.79 Å². The maximum atomic E-state index is 12.6. The van der Waals surface area contributed by atoms with Crippen LogP contribution in [0.1, 0.15) is 11.1 Å². The quantitative estimate of drug-likeness (QED) is 0.915. The summed E-state index contributed by atoms with van der Waals surface area (Å²) in [7, 11) is 4.09. The van der Waals surface area contributed by atoms with Crippen molar-refractivity contribution in [2.24, 2.45) is 0 Å². The van der Waals surface area contributed by atoms with Crippen LogP contribution in [-0.2, 0) is 0 Å². The van der Waals surface area contributed by atoms with Gasteiger partial charge < -0.3 is 20.0 Å². The van der Waals surface area contributed by atoms with Gasteiger partial charge in [0.1, 0.15) is 0 Å². The Hall–Kier alpha value is -2.69. The first-order valence-corrected chi connectivity index (χ1v) is 9.09. The van der Waals surface area contributed by atoms with Gasteiger partial charge in [-0.05, 0) is 55.3 Å². The number of rotatable bonds is 3. The Morgan fingerprint density at radius 1 is 0.962 bits per heavy atom. The van der Waals surface area contributed by atoms with E-state index < -0.39 is 0 Å². The zero-order valence-corrected chi connectivity index (χ0v) is 16.1. The molecule has 1 aliphatic heterocycles. The van der Waals surface area contributed by atoms with Gasteiger partial charge in [0.2, 0.25) is 0 Å². The molecule has 5 nitrogen and oxygen atoms in total. The van der Waals surface area contributed by atoms with Crippen LogP contribution in [0, 0.1) is 13.8 Å². The average Bonchev–Trinajstić information content (AvgIpc) is 2.65. The molecule has 0 radical (unpaired) electrons. The standard InChI is InChI=1S/C21H28N4O/c1-16-5-6-17(2)20(15-16)22-21(26)25-13-11-24(12-14-25)19-9-7-18(8-10-19)23(3)4/h5-10,15H,11-14H2,1-4H3,(H,22,26). The molecule has 0 aromatic heterocycles. The van der Waals surface area contributed by atoms with Crippen LogP contribution < -0.4 is 15.1 Å². The largest absolute Gasteiger partial charge is 0.378 e. The molecule has 0 atom stereocenters. The van der Waals surface area contributed by atoms with E-state index in [2.05, 4.69) is 45.4 Å². The van der Waals surface area contributed by atoms with Crippen LogP contribution in [0.2, 0.25) is 0 Å². The minimum atomic E-state index is -0.0127. The molecule has 5 heteroatoms. The summed E-state index contributed by atoms with van der Waals surface area (Å²) < 4.78 is 0. The maximum Gasteiger partial charge on any atom is 0.321 e. The molecule has 138 valence electrons. The van der Waals surface area contributed by atoms with Gasteiger partial charge in [0.25, 0.3) is 0 Å². The molecule has 1 N–H and O–H groups in total. The highest BCUT2D eigenvalue weighted by molar-refractivity contribution is 5.90. The van der Waals surface area contributed by atoms with Gasteiger partial charge in [-0.1, -0.05) is 12.1 Å². The Morgan fingerprint density at radius 2 is 1.62 bits per heavy atom. The third-order valence-corrected chi connectivity index (χ3v) is 4.93. The van der Waals surface area contributed by atoms with E-state index in [1.54, 1.807) is 0 Å². The summed E-state index contributed by atoms with van der Waals surface area (Å²) in [5.41, 5.74) is 5.54. The zero-order valence-electron chi connectivity index (χ0n) is 16.1. The highest BCUT2D eigenvalue weighted by atomic mass is 16.2. The summed E-state index contributed by atoms with van der Waals surface area (Å²) >= 11 is 0. The molecule has 3 rings (SSSR count). The molecular formula is C21H28N4O. The number of hydrogen-bond acceptors (Lipinski definition) is 3. The number of aryl methyl sites for hydroxylation is 2. The van der Waals surface area contributed by atoms with Crippen LogP contribution in [0.3, 0.4) is 0 Å². The fraction of sp³-hybridized carbons (Fsp3) is 0.381. The molecule has 2 amide bonds. The molecule has 1 fully saturated rings. The Labute approximate surface area is 156 Å². The van der Waals surface area contributed by atoms with Crippen LogP contribution in [0.4, 0.5) is 21.9 Å². The zero-order chi connectivity index (χ0) is 18.7. The highest BCUT2D eigenvalue weighted by Crippen LogP contribution is 2.21. The second-order valence-corrected chi connectivity index (χ2v) is 7.13. The van der Waals surface area contributed by atoms with Crippen molar-refractivity contribution in [3.63, 3.8) is 0 Å². The van der Waals surface area contributed by atoms with Crippen LogP contribution in [0.25, 0.3) is 0 Å². The van der Waals surface area contributed by atoms with Gasteiger partial charge in [0.15, 0.2) is 0 Å². The lowest BCUT2D eigenvalue weighted by Crippen LogP contribution is -2.50. The predicted molar refractivity (Wildman–Crippen MR) is 109 cm³/mol. The first-order chi connectivity index (χ1) is 12.4. The molecule has 0 unspecified atom stereocenters. The minimum absolute atomic E-state index is 0.0127. The van der Waals surface area contributed by atoms with Crippen molar-refractivity contribution in [1.82, 2.24) is 4.90 Å². The molecule has 2 aromatic rings. The third-order valence-electron chi connectivity index (χ3n) is 4.93. The Kier molecular flexibility index (Phi) is 5.35. The normalized spacial score (nSPS) is 14.3. The molecule has 0 saturated carbocycles. The van der Waals surface area contributed by atoms with E-state index in [1.807, 2.05) is 45.0 Å².